The highest BCUT2D eigenvalue weighted by atomic mass is 16.5. The Hall–Kier alpha value is -0.120. The molecule has 2 aliphatic heterocycles. The van der Waals surface area contributed by atoms with E-state index in [4.69, 9.17) is 4.74 Å². The molecule has 3 nitrogen and oxygen atoms in total. The van der Waals surface area contributed by atoms with Crippen LogP contribution in [0.5, 0.6) is 0 Å². The first kappa shape index (κ1) is 13.8. The van der Waals surface area contributed by atoms with Crippen LogP contribution in [0, 0.1) is 11.8 Å². The summed E-state index contributed by atoms with van der Waals surface area (Å²) in [7, 11) is 0. The van der Waals surface area contributed by atoms with Gasteiger partial charge in [0.15, 0.2) is 0 Å². The van der Waals surface area contributed by atoms with Gasteiger partial charge in [0, 0.05) is 44.4 Å². The van der Waals surface area contributed by atoms with Gasteiger partial charge in [-0.1, -0.05) is 6.92 Å². The van der Waals surface area contributed by atoms with E-state index < -0.39 is 0 Å². The van der Waals surface area contributed by atoms with Crippen molar-refractivity contribution in [2.24, 2.45) is 11.8 Å². The molecule has 19 heavy (non-hydrogen) atoms. The van der Waals surface area contributed by atoms with Crippen molar-refractivity contribution < 1.29 is 4.74 Å². The van der Waals surface area contributed by atoms with E-state index in [0.717, 1.165) is 43.2 Å². The Labute approximate surface area is 118 Å². The second-order valence-electron chi connectivity index (χ2n) is 6.80. The number of hydrogen-bond acceptors (Lipinski definition) is 3. The molecular weight excluding hydrogens is 236 g/mol. The minimum absolute atomic E-state index is 0.734. The highest BCUT2D eigenvalue weighted by Crippen LogP contribution is 2.36. The molecule has 1 aliphatic carbocycles. The van der Waals surface area contributed by atoms with Gasteiger partial charge in [-0.25, -0.2) is 0 Å². The minimum Gasteiger partial charge on any atom is -0.381 e. The van der Waals surface area contributed by atoms with Crippen molar-refractivity contribution in [3.8, 4) is 0 Å². The maximum atomic E-state index is 5.53. The molecule has 3 unspecified atom stereocenters. The molecule has 0 aromatic heterocycles. The molecule has 0 amide bonds. The fraction of sp³-hybridized carbons (Fsp3) is 1.00. The van der Waals surface area contributed by atoms with Gasteiger partial charge in [0.2, 0.25) is 0 Å². The topological polar surface area (TPSA) is 24.5 Å². The number of rotatable bonds is 4. The van der Waals surface area contributed by atoms with Gasteiger partial charge in [-0.3, -0.25) is 4.90 Å². The molecule has 0 radical (unpaired) electrons. The lowest BCUT2D eigenvalue weighted by Crippen LogP contribution is -2.60. The summed E-state index contributed by atoms with van der Waals surface area (Å²) in [6.45, 7) is 9.24. The van der Waals surface area contributed by atoms with Gasteiger partial charge in [-0.15, -0.1) is 0 Å². The van der Waals surface area contributed by atoms with E-state index in [9.17, 15) is 0 Å². The Morgan fingerprint density at radius 2 is 1.95 bits per heavy atom. The molecule has 1 saturated carbocycles. The van der Waals surface area contributed by atoms with Gasteiger partial charge < -0.3 is 10.1 Å². The number of nitrogens with zero attached hydrogens (tertiary/aromatic N) is 1. The Bertz CT molecular complexity index is 286. The molecule has 3 heteroatoms. The van der Waals surface area contributed by atoms with Gasteiger partial charge >= 0.3 is 0 Å². The molecule has 0 aromatic carbocycles. The first-order valence-corrected chi connectivity index (χ1v) is 8.36. The van der Waals surface area contributed by atoms with Gasteiger partial charge in [-0.2, -0.15) is 0 Å². The van der Waals surface area contributed by atoms with E-state index >= 15 is 0 Å². The number of nitrogens with one attached hydrogen (secondary N) is 1. The molecule has 0 spiro atoms. The zero-order valence-electron chi connectivity index (χ0n) is 12.6. The quantitative estimate of drug-likeness (QED) is 0.845. The van der Waals surface area contributed by atoms with Gasteiger partial charge in [0.05, 0.1) is 0 Å². The largest absolute Gasteiger partial charge is 0.381 e. The molecule has 1 N–H and O–H groups in total. The van der Waals surface area contributed by atoms with Crippen LogP contribution in [0.25, 0.3) is 0 Å². The van der Waals surface area contributed by atoms with Gasteiger partial charge in [0.25, 0.3) is 0 Å². The molecule has 3 rings (SSSR count). The summed E-state index contributed by atoms with van der Waals surface area (Å²) in [6, 6.07) is 2.25. The van der Waals surface area contributed by atoms with Gasteiger partial charge in [-0.05, 0) is 50.9 Å². The van der Waals surface area contributed by atoms with E-state index in [1.807, 2.05) is 0 Å². The van der Waals surface area contributed by atoms with Crippen LogP contribution in [0.4, 0.5) is 0 Å². The summed E-state index contributed by atoms with van der Waals surface area (Å²) in [6.07, 6.45) is 6.70. The van der Waals surface area contributed by atoms with Crippen molar-refractivity contribution in [1.29, 1.82) is 0 Å². The maximum Gasteiger partial charge on any atom is 0.0469 e. The molecular formula is C16H30N2O. The van der Waals surface area contributed by atoms with Crippen LogP contribution < -0.4 is 5.32 Å². The van der Waals surface area contributed by atoms with Crippen LogP contribution in [0.3, 0.4) is 0 Å². The van der Waals surface area contributed by atoms with Crippen molar-refractivity contribution in [3.63, 3.8) is 0 Å². The van der Waals surface area contributed by atoms with E-state index in [0.29, 0.717) is 0 Å². The Morgan fingerprint density at radius 1 is 1.21 bits per heavy atom. The van der Waals surface area contributed by atoms with Crippen molar-refractivity contribution in [2.45, 2.75) is 64.1 Å². The fourth-order valence-corrected chi connectivity index (χ4v) is 4.01. The fourth-order valence-electron chi connectivity index (χ4n) is 4.01. The first-order chi connectivity index (χ1) is 9.29. The lowest BCUT2D eigenvalue weighted by molar-refractivity contribution is 0.00139. The monoisotopic (exact) mass is 266 g/mol. The average Bonchev–Trinajstić information content (AvgIpc) is 3.31. The van der Waals surface area contributed by atoms with Crippen LogP contribution >= 0.6 is 0 Å². The van der Waals surface area contributed by atoms with E-state index in [-0.39, 0.29) is 0 Å². The van der Waals surface area contributed by atoms with Gasteiger partial charge in [0.1, 0.15) is 0 Å². The van der Waals surface area contributed by atoms with Crippen molar-refractivity contribution >= 4 is 0 Å². The van der Waals surface area contributed by atoms with E-state index in [1.54, 1.807) is 0 Å². The first-order valence-electron chi connectivity index (χ1n) is 8.36. The van der Waals surface area contributed by atoms with Crippen LogP contribution in [-0.4, -0.2) is 49.3 Å². The normalized spacial score (nSPS) is 36.3. The smallest absolute Gasteiger partial charge is 0.0469 e. The maximum absolute atomic E-state index is 5.53. The number of ether oxygens (including phenoxy) is 1. The van der Waals surface area contributed by atoms with Crippen LogP contribution in [0.15, 0.2) is 0 Å². The second-order valence-corrected chi connectivity index (χ2v) is 6.80. The highest BCUT2D eigenvalue weighted by Gasteiger charge is 2.39. The molecule has 3 fully saturated rings. The lowest BCUT2D eigenvalue weighted by atomic mass is 9.89. The lowest BCUT2D eigenvalue weighted by Gasteiger charge is -2.46. The molecule has 2 saturated heterocycles. The Morgan fingerprint density at radius 3 is 2.58 bits per heavy atom. The van der Waals surface area contributed by atoms with Crippen LogP contribution in [0.1, 0.15) is 46.0 Å². The third-order valence-electron chi connectivity index (χ3n) is 5.63. The predicted molar refractivity (Wildman–Crippen MR) is 78.3 cm³/mol. The standard InChI is InChI=1S/C16H30N2O/c1-3-15-10-17-16(14-4-5-14)11-18(15)12(2)13-6-8-19-9-7-13/h12-17H,3-11H2,1-2H3. The average molecular weight is 266 g/mol. The summed E-state index contributed by atoms with van der Waals surface area (Å²) >= 11 is 0. The molecule has 3 atom stereocenters. The zero-order valence-corrected chi connectivity index (χ0v) is 12.6. The zero-order chi connectivity index (χ0) is 13.2. The SMILES string of the molecule is CCC1CNC(C2CC2)CN1C(C)C1CCOCC1. The molecule has 3 aliphatic rings. The summed E-state index contributed by atoms with van der Waals surface area (Å²) in [5.74, 6) is 1.82. The molecule has 0 aromatic rings. The van der Waals surface area contributed by atoms with Crippen LogP contribution in [-0.2, 0) is 4.74 Å². The third kappa shape index (κ3) is 3.14. The minimum atomic E-state index is 0.734. The second kappa shape index (κ2) is 6.11. The molecule has 0 bridgehead atoms. The predicted octanol–water partition coefficient (Wildman–Crippen LogP) is 2.26. The van der Waals surface area contributed by atoms with Crippen molar-refractivity contribution in [3.05, 3.63) is 0 Å². The summed E-state index contributed by atoms with van der Waals surface area (Å²) in [5, 5.41) is 3.80. The summed E-state index contributed by atoms with van der Waals surface area (Å²) < 4.78 is 5.53. The summed E-state index contributed by atoms with van der Waals surface area (Å²) in [4.78, 5) is 2.83. The highest BCUT2D eigenvalue weighted by molar-refractivity contribution is 4.96. The Kier molecular flexibility index (Phi) is 4.45. The molecule has 2 heterocycles. The number of hydrogen-bond donors (Lipinski definition) is 1. The van der Waals surface area contributed by atoms with Crippen LogP contribution in [0.2, 0.25) is 0 Å². The summed E-state index contributed by atoms with van der Waals surface area (Å²) in [5.41, 5.74) is 0. The number of piperazine rings is 1. The third-order valence-corrected chi connectivity index (χ3v) is 5.63. The van der Waals surface area contributed by atoms with E-state index in [1.165, 1.54) is 45.2 Å². The van der Waals surface area contributed by atoms with Crippen molar-refractivity contribution in [1.82, 2.24) is 10.2 Å². The Balaban J connectivity index is 1.63. The molecule has 110 valence electrons. The van der Waals surface area contributed by atoms with Crippen molar-refractivity contribution in [2.75, 3.05) is 26.3 Å². The van der Waals surface area contributed by atoms with E-state index in [2.05, 4.69) is 24.1 Å².